The monoisotopic (exact) mass is 281 g/mol. The molecule has 2 amide bonds. The summed E-state index contributed by atoms with van der Waals surface area (Å²) < 4.78 is 4.98. The van der Waals surface area contributed by atoms with Gasteiger partial charge in [0.05, 0.1) is 11.8 Å². The molecule has 0 fully saturated rings. The van der Waals surface area contributed by atoms with Crippen LogP contribution in [0.2, 0.25) is 0 Å². The van der Waals surface area contributed by atoms with Crippen LogP contribution in [-0.2, 0) is 4.79 Å². The highest BCUT2D eigenvalue weighted by molar-refractivity contribution is 5.95. The molecule has 0 saturated carbocycles. The Kier molecular flexibility index (Phi) is 5.76. The average Bonchev–Trinajstić information content (AvgIpc) is 2.99. The first-order valence-electron chi connectivity index (χ1n) is 6.84. The molecule has 1 unspecified atom stereocenters. The van der Waals surface area contributed by atoms with Crippen LogP contribution >= 0.6 is 0 Å². The van der Waals surface area contributed by atoms with Gasteiger partial charge in [-0.15, -0.1) is 0 Å². The SMILES string of the molecule is CCC(CC)(CN)NC(=O)C(C)NC(=O)c1ccco1. The quantitative estimate of drug-likeness (QED) is 0.695. The van der Waals surface area contributed by atoms with Gasteiger partial charge in [0.15, 0.2) is 5.76 Å². The fraction of sp³-hybridized carbons (Fsp3) is 0.571. The maximum absolute atomic E-state index is 12.1. The lowest BCUT2D eigenvalue weighted by atomic mass is 9.92. The van der Waals surface area contributed by atoms with E-state index < -0.39 is 17.5 Å². The Hall–Kier alpha value is -1.82. The zero-order valence-corrected chi connectivity index (χ0v) is 12.2. The maximum atomic E-state index is 12.1. The number of carbonyl (C=O) groups excluding carboxylic acids is 2. The average molecular weight is 281 g/mol. The van der Waals surface area contributed by atoms with E-state index >= 15 is 0 Å². The van der Waals surface area contributed by atoms with E-state index in [0.717, 1.165) is 12.8 Å². The second-order valence-electron chi connectivity index (χ2n) is 4.85. The molecule has 0 bridgehead atoms. The van der Waals surface area contributed by atoms with Gasteiger partial charge in [0, 0.05) is 6.54 Å². The summed E-state index contributed by atoms with van der Waals surface area (Å²) in [6.07, 6.45) is 2.89. The number of furan rings is 1. The molecule has 112 valence electrons. The van der Waals surface area contributed by atoms with Crippen molar-refractivity contribution in [3.63, 3.8) is 0 Å². The molecule has 1 aromatic heterocycles. The third kappa shape index (κ3) is 3.84. The van der Waals surface area contributed by atoms with Crippen molar-refractivity contribution in [3.8, 4) is 0 Å². The van der Waals surface area contributed by atoms with Crippen molar-refractivity contribution < 1.29 is 14.0 Å². The zero-order valence-electron chi connectivity index (χ0n) is 12.2. The van der Waals surface area contributed by atoms with E-state index in [1.54, 1.807) is 19.1 Å². The van der Waals surface area contributed by atoms with E-state index in [4.69, 9.17) is 10.2 Å². The van der Waals surface area contributed by atoms with Crippen molar-refractivity contribution in [2.24, 2.45) is 5.73 Å². The molecule has 1 heterocycles. The molecule has 0 radical (unpaired) electrons. The van der Waals surface area contributed by atoms with Crippen LogP contribution in [-0.4, -0.2) is 29.9 Å². The van der Waals surface area contributed by atoms with Crippen molar-refractivity contribution in [3.05, 3.63) is 24.2 Å². The number of rotatable bonds is 7. The second-order valence-corrected chi connectivity index (χ2v) is 4.85. The molecule has 0 aromatic carbocycles. The van der Waals surface area contributed by atoms with Crippen molar-refractivity contribution in [1.82, 2.24) is 10.6 Å². The summed E-state index contributed by atoms with van der Waals surface area (Å²) in [6, 6.07) is 2.51. The molecule has 0 aliphatic heterocycles. The standard InChI is InChI=1S/C14H23N3O3/c1-4-14(5-2,9-15)17-12(18)10(3)16-13(19)11-7-6-8-20-11/h6-8,10H,4-5,9,15H2,1-3H3,(H,16,19)(H,17,18). The van der Waals surface area contributed by atoms with Crippen LogP contribution < -0.4 is 16.4 Å². The van der Waals surface area contributed by atoms with E-state index in [0.29, 0.717) is 6.54 Å². The van der Waals surface area contributed by atoms with Gasteiger partial charge in [-0.25, -0.2) is 0 Å². The fourth-order valence-corrected chi connectivity index (χ4v) is 1.88. The van der Waals surface area contributed by atoms with Gasteiger partial charge in [-0.1, -0.05) is 13.8 Å². The Bertz CT molecular complexity index is 430. The Morgan fingerprint density at radius 1 is 1.40 bits per heavy atom. The minimum atomic E-state index is -0.656. The summed E-state index contributed by atoms with van der Waals surface area (Å²) >= 11 is 0. The first kappa shape index (κ1) is 16.2. The predicted molar refractivity (Wildman–Crippen MR) is 76.1 cm³/mol. The summed E-state index contributed by atoms with van der Waals surface area (Å²) in [5.74, 6) is -0.483. The molecule has 0 spiro atoms. The Morgan fingerprint density at radius 2 is 2.05 bits per heavy atom. The number of nitrogens with one attached hydrogen (secondary N) is 2. The van der Waals surface area contributed by atoms with Crippen LogP contribution in [0.4, 0.5) is 0 Å². The van der Waals surface area contributed by atoms with Crippen LogP contribution in [0, 0.1) is 0 Å². The molecule has 0 aliphatic carbocycles. The largest absolute Gasteiger partial charge is 0.459 e. The van der Waals surface area contributed by atoms with Crippen LogP contribution in [0.25, 0.3) is 0 Å². The minimum absolute atomic E-state index is 0.181. The van der Waals surface area contributed by atoms with Gasteiger partial charge in [0.2, 0.25) is 5.91 Å². The van der Waals surface area contributed by atoms with Crippen molar-refractivity contribution in [1.29, 1.82) is 0 Å². The van der Waals surface area contributed by atoms with Crippen molar-refractivity contribution in [2.75, 3.05) is 6.54 Å². The van der Waals surface area contributed by atoms with Gasteiger partial charge in [0.1, 0.15) is 6.04 Å². The molecular weight excluding hydrogens is 258 g/mol. The summed E-state index contributed by atoms with van der Waals surface area (Å²) in [5.41, 5.74) is 5.32. The first-order valence-corrected chi connectivity index (χ1v) is 6.84. The highest BCUT2D eigenvalue weighted by Gasteiger charge is 2.29. The van der Waals surface area contributed by atoms with Gasteiger partial charge in [-0.3, -0.25) is 9.59 Å². The molecule has 0 saturated heterocycles. The van der Waals surface area contributed by atoms with Crippen molar-refractivity contribution >= 4 is 11.8 Å². The van der Waals surface area contributed by atoms with E-state index in [1.807, 2.05) is 13.8 Å². The van der Waals surface area contributed by atoms with Gasteiger partial charge in [0.25, 0.3) is 5.91 Å². The van der Waals surface area contributed by atoms with E-state index in [1.165, 1.54) is 6.26 Å². The Balaban J connectivity index is 2.61. The lowest BCUT2D eigenvalue weighted by Crippen LogP contribution is -2.57. The number of amides is 2. The lowest BCUT2D eigenvalue weighted by Gasteiger charge is -2.32. The first-order chi connectivity index (χ1) is 9.48. The summed E-state index contributed by atoms with van der Waals surface area (Å²) in [5, 5.41) is 5.51. The number of carbonyl (C=O) groups is 2. The van der Waals surface area contributed by atoms with Gasteiger partial charge >= 0.3 is 0 Å². The van der Waals surface area contributed by atoms with Crippen LogP contribution in [0.15, 0.2) is 22.8 Å². The molecule has 1 aromatic rings. The highest BCUT2D eigenvalue weighted by Crippen LogP contribution is 2.13. The molecular formula is C14H23N3O3. The minimum Gasteiger partial charge on any atom is -0.459 e. The van der Waals surface area contributed by atoms with Crippen LogP contribution in [0.5, 0.6) is 0 Å². The molecule has 6 nitrogen and oxygen atoms in total. The third-order valence-electron chi connectivity index (χ3n) is 3.62. The highest BCUT2D eigenvalue weighted by atomic mass is 16.3. The van der Waals surface area contributed by atoms with E-state index in [9.17, 15) is 9.59 Å². The number of nitrogens with two attached hydrogens (primary N) is 1. The van der Waals surface area contributed by atoms with Crippen LogP contribution in [0.3, 0.4) is 0 Å². The number of hydrogen-bond acceptors (Lipinski definition) is 4. The molecule has 4 N–H and O–H groups in total. The molecule has 6 heteroatoms. The predicted octanol–water partition coefficient (Wildman–Crippen LogP) is 1.03. The van der Waals surface area contributed by atoms with Crippen LogP contribution in [0.1, 0.15) is 44.2 Å². The molecule has 0 aliphatic rings. The molecule has 1 atom stereocenters. The smallest absolute Gasteiger partial charge is 0.287 e. The maximum Gasteiger partial charge on any atom is 0.287 e. The topological polar surface area (TPSA) is 97.4 Å². The van der Waals surface area contributed by atoms with Gasteiger partial charge in [-0.05, 0) is 31.9 Å². The summed E-state index contributed by atoms with van der Waals surface area (Å²) in [6.45, 7) is 5.94. The number of hydrogen-bond donors (Lipinski definition) is 3. The second kappa shape index (κ2) is 7.09. The van der Waals surface area contributed by atoms with Gasteiger partial charge in [-0.2, -0.15) is 0 Å². The normalized spacial score (nSPS) is 12.8. The fourth-order valence-electron chi connectivity index (χ4n) is 1.88. The Labute approximate surface area is 119 Å². The van der Waals surface area contributed by atoms with Crippen molar-refractivity contribution in [2.45, 2.75) is 45.2 Å². The molecule has 20 heavy (non-hydrogen) atoms. The van der Waals surface area contributed by atoms with Gasteiger partial charge < -0.3 is 20.8 Å². The summed E-state index contributed by atoms with van der Waals surface area (Å²) in [4.78, 5) is 23.9. The third-order valence-corrected chi connectivity index (χ3v) is 3.62. The summed E-state index contributed by atoms with van der Waals surface area (Å²) in [7, 11) is 0. The zero-order chi connectivity index (χ0) is 15.2. The molecule has 1 rings (SSSR count). The van der Waals surface area contributed by atoms with E-state index in [-0.39, 0.29) is 11.7 Å². The Morgan fingerprint density at radius 3 is 2.50 bits per heavy atom. The lowest BCUT2D eigenvalue weighted by molar-refractivity contribution is -0.124. The van der Waals surface area contributed by atoms with E-state index in [2.05, 4.69) is 10.6 Å².